The molecule has 0 spiro atoms. The maximum absolute atomic E-state index is 13.0. The van der Waals surface area contributed by atoms with Gasteiger partial charge < -0.3 is 10.5 Å². The van der Waals surface area contributed by atoms with E-state index in [1.165, 1.54) is 12.1 Å². The summed E-state index contributed by atoms with van der Waals surface area (Å²) in [5, 5.41) is 8.14. The molecule has 0 amide bonds. The summed E-state index contributed by atoms with van der Waals surface area (Å²) in [4.78, 5) is 13.0. The fourth-order valence-corrected chi connectivity index (χ4v) is 2.06. The Morgan fingerprint density at radius 2 is 1.87 bits per heavy atom. The van der Waals surface area contributed by atoms with E-state index in [-0.39, 0.29) is 5.82 Å². The fraction of sp³-hybridized carbons (Fsp3) is 0.267. The first-order chi connectivity index (χ1) is 11.2. The summed E-state index contributed by atoms with van der Waals surface area (Å²) in [6.07, 6.45) is 0.511. The van der Waals surface area contributed by atoms with Gasteiger partial charge in [-0.1, -0.05) is 0 Å². The molecule has 0 bridgehead atoms. The summed E-state index contributed by atoms with van der Waals surface area (Å²) < 4.78 is 18.6. The number of benzene rings is 1. The Hall–Kier alpha value is -2.74. The maximum atomic E-state index is 13.0. The van der Waals surface area contributed by atoms with Gasteiger partial charge in [0.1, 0.15) is 11.6 Å². The minimum Gasteiger partial charge on any atom is -0.476 e. The van der Waals surface area contributed by atoms with Crippen LogP contribution in [0.2, 0.25) is 0 Å². The molecule has 0 saturated carbocycles. The maximum Gasteiger partial charge on any atom is 0.245 e. The number of hydrogen-bond acceptors (Lipinski definition) is 7. The first-order valence-electron chi connectivity index (χ1n) is 7.21. The topological polar surface area (TPSA) is 99.7 Å². The second-order valence-corrected chi connectivity index (χ2v) is 4.73. The van der Waals surface area contributed by atoms with Crippen molar-refractivity contribution in [3.63, 3.8) is 0 Å². The predicted molar refractivity (Wildman–Crippen MR) is 82.2 cm³/mol. The number of hydrogen-bond donors (Lipinski definition) is 1. The lowest BCUT2D eigenvalue weighted by Gasteiger charge is -2.08. The molecule has 3 rings (SSSR count). The Morgan fingerprint density at radius 1 is 1.09 bits per heavy atom. The van der Waals surface area contributed by atoms with Crippen LogP contribution in [-0.2, 0) is 6.42 Å². The van der Waals surface area contributed by atoms with Crippen LogP contribution in [-0.4, -0.2) is 38.3 Å². The molecule has 0 aliphatic rings. The molecule has 7 nitrogen and oxygen atoms in total. The van der Waals surface area contributed by atoms with Crippen molar-refractivity contribution in [1.29, 1.82) is 0 Å². The summed E-state index contributed by atoms with van der Waals surface area (Å²) in [6.45, 7) is 2.71. The molecule has 0 aliphatic heterocycles. The highest BCUT2D eigenvalue weighted by molar-refractivity contribution is 5.76. The lowest BCUT2D eigenvalue weighted by Crippen LogP contribution is -2.10. The van der Waals surface area contributed by atoms with Gasteiger partial charge in [0.25, 0.3) is 0 Å². The first kappa shape index (κ1) is 15.2. The third-order valence-electron chi connectivity index (χ3n) is 3.09. The normalized spacial score (nSPS) is 10.9. The van der Waals surface area contributed by atoms with Crippen LogP contribution < -0.4 is 10.5 Å². The van der Waals surface area contributed by atoms with E-state index < -0.39 is 0 Å². The average Bonchev–Trinajstić information content (AvgIpc) is 2.56. The second-order valence-electron chi connectivity index (χ2n) is 4.73. The zero-order valence-corrected chi connectivity index (χ0v) is 12.5. The van der Waals surface area contributed by atoms with Crippen LogP contribution in [0.5, 0.6) is 5.88 Å². The molecule has 0 aliphatic carbocycles. The molecule has 8 heteroatoms. The molecule has 0 saturated heterocycles. The number of fused-ring (bicyclic) bond motifs is 1. The monoisotopic (exact) mass is 314 g/mol. The first-order valence-corrected chi connectivity index (χ1v) is 7.21. The van der Waals surface area contributed by atoms with E-state index in [0.717, 1.165) is 0 Å². The van der Waals surface area contributed by atoms with Gasteiger partial charge in [-0.3, -0.25) is 0 Å². The Morgan fingerprint density at radius 3 is 2.57 bits per heavy atom. The second kappa shape index (κ2) is 6.57. The summed E-state index contributed by atoms with van der Waals surface area (Å²) in [5.41, 5.74) is 6.95. The van der Waals surface area contributed by atoms with Gasteiger partial charge in [-0.15, -0.1) is 10.2 Å². The molecule has 2 aromatic heterocycles. The van der Waals surface area contributed by atoms with Gasteiger partial charge in [-0.25, -0.2) is 14.4 Å². The molecule has 118 valence electrons. The summed E-state index contributed by atoms with van der Waals surface area (Å²) in [7, 11) is 0. The smallest absolute Gasteiger partial charge is 0.245 e. The van der Waals surface area contributed by atoms with Crippen molar-refractivity contribution in [2.24, 2.45) is 5.73 Å². The molecule has 0 fully saturated rings. The molecule has 2 N–H and O–H groups in total. The van der Waals surface area contributed by atoms with Gasteiger partial charge in [-0.05, 0) is 37.7 Å². The standard InChI is InChI=1S/C15H15FN6O/c1-2-23-15-12-14(18-11(19-15)7-8-17)22-21-13(20-12)9-3-5-10(16)6-4-9/h3-6H,2,7-8,17H2,1H3. The molecule has 23 heavy (non-hydrogen) atoms. The third-order valence-corrected chi connectivity index (χ3v) is 3.09. The van der Waals surface area contributed by atoms with Crippen LogP contribution in [0.4, 0.5) is 4.39 Å². The van der Waals surface area contributed by atoms with Gasteiger partial charge in [0.2, 0.25) is 11.5 Å². The highest BCUT2D eigenvalue weighted by atomic mass is 19.1. The zero-order chi connectivity index (χ0) is 16.2. The minimum atomic E-state index is -0.327. The fourth-order valence-electron chi connectivity index (χ4n) is 2.06. The molecular weight excluding hydrogens is 299 g/mol. The lowest BCUT2D eigenvalue weighted by atomic mass is 10.2. The molecule has 0 unspecified atom stereocenters. The largest absolute Gasteiger partial charge is 0.476 e. The van der Waals surface area contributed by atoms with E-state index >= 15 is 0 Å². The lowest BCUT2D eigenvalue weighted by molar-refractivity contribution is 0.328. The van der Waals surface area contributed by atoms with Crippen molar-refractivity contribution in [2.45, 2.75) is 13.3 Å². The van der Waals surface area contributed by atoms with Crippen molar-refractivity contribution in [3.05, 3.63) is 35.9 Å². The molecule has 1 aromatic carbocycles. The molecular formula is C15H15FN6O. The van der Waals surface area contributed by atoms with Crippen molar-refractivity contribution < 1.29 is 9.13 Å². The van der Waals surface area contributed by atoms with Crippen molar-refractivity contribution in [2.75, 3.05) is 13.2 Å². The van der Waals surface area contributed by atoms with Crippen LogP contribution in [0.1, 0.15) is 12.7 Å². The third kappa shape index (κ3) is 3.21. The number of ether oxygens (including phenoxy) is 1. The zero-order valence-electron chi connectivity index (χ0n) is 12.5. The number of aromatic nitrogens is 5. The summed E-state index contributed by atoms with van der Waals surface area (Å²) >= 11 is 0. The van der Waals surface area contributed by atoms with E-state index in [9.17, 15) is 4.39 Å². The van der Waals surface area contributed by atoms with Gasteiger partial charge in [-0.2, -0.15) is 4.98 Å². The minimum absolute atomic E-state index is 0.327. The van der Waals surface area contributed by atoms with Crippen LogP contribution in [0.15, 0.2) is 24.3 Å². The number of nitrogens with zero attached hydrogens (tertiary/aromatic N) is 5. The van der Waals surface area contributed by atoms with Crippen LogP contribution in [0.25, 0.3) is 22.6 Å². The van der Waals surface area contributed by atoms with Crippen molar-refractivity contribution in [1.82, 2.24) is 25.1 Å². The Labute approximate surface area is 131 Å². The van der Waals surface area contributed by atoms with Crippen LogP contribution in [0.3, 0.4) is 0 Å². The van der Waals surface area contributed by atoms with Crippen LogP contribution >= 0.6 is 0 Å². The van der Waals surface area contributed by atoms with E-state index in [0.29, 0.717) is 53.8 Å². The quantitative estimate of drug-likeness (QED) is 0.762. The number of halogens is 1. The van der Waals surface area contributed by atoms with E-state index in [1.54, 1.807) is 12.1 Å². The Bertz CT molecular complexity index is 824. The highest BCUT2D eigenvalue weighted by Gasteiger charge is 2.14. The van der Waals surface area contributed by atoms with E-state index in [2.05, 4.69) is 25.1 Å². The van der Waals surface area contributed by atoms with Gasteiger partial charge >= 0.3 is 0 Å². The van der Waals surface area contributed by atoms with Gasteiger partial charge in [0, 0.05) is 12.0 Å². The number of nitrogens with two attached hydrogens (primary N) is 1. The van der Waals surface area contributed by atoms with Crippen molar-refractivity contribution in [3.8, 4) is 17.3 Å². The van der Waals surface area contributed by atoms with Crippen LogP contribution in [0, 0.1) is 5.82 Å². The van der Waals surface area contributed by atoms with E-state index in [1.807, 2.05) is 6.92 Å². The Kier molecular flexibility index (Phi) is 4.33. The van der Waals surface area contributed by atoms with E-state index in [4.69, 9.17) is 10.5 Å². The summed E-state index contributed by atoms with van der Waals surface area (Å²) in [5.74, 6) is 0.911. The number of rotatable bonds is 5. The predicted octanol–water partition coefficient (Wildman–Crippen LogP) is 1.52. The molecule has 0 radical (unpaired) electrons. The molecule has 0 atom stereocenters. The average molecular weight is 314 g/mol. The highest BCUT2D eigenvalue weighted by Crippen LogP contribution is 2.22. The Balaban J connectivity index is 2.12. The van der Waals surface area contributed by atoms with Gasteiger partial charge in [0.15, 0.2) is 11.3 Å². The van der Waals surface area contributed by atoms with Crippen molar-refractivity contribution >= 4 is 11.2 Å². The SMILES string of the molecule is CCOc1nc(CCN)nc2nnc(-c3ccc(F)cc3)nc12. The molecule has 3 aromatic rings. The molecule has 2 heterocycles. The van der Waals surface area contributed by atoms with Gasteiger partial charge in [0.05, 0.1) is 6.61 Å². The summed E-state index contributed by atoms with van der Waals surface area (Å²) in [6, 6.07) is 5.85.